The van der Waals surface area contributed by atoms with Gasteiger partial charge in [0.2, 0.25) is 0 Å². The summed E-state index contributed by atoms with van der Waals surface area (Å²) in [5, 5.41) is 10.7. The zero-order valence-electron chi connectivity index (χ0n) is 8.72. The molecule has 0 fully saturated rings. The highest BCUT2D eigenvalue weighted by atomic mass is 32.2. The molecule has 3 nitrogen and oxygen atoms in total. The Morgan fingerprint density at radius 1 is 1.53 bits per heavy atom. The second-order valence-electron chi connectivity index (χ2n) is 3.73. The van der Waals surface area contributed by atoms with Gasteiger partial charge in [0.05, 0.1) is 11.5 Å². The standard InChI is InChI=1S/C10H16O3S2/c1-9(7-11)8-15(12,13)6-4-10-3-2-5-14-10/h2-3,5,9,11H,4,6-8H2,1H3. The number of hydrogen-bond acceptors (Lipinski definition) is 4. The lowest BCUT2D eigenvalue weighted by Gasteiger charge is -2.08. The minimum Gasteiger partial charge on any atom is -0.396 e. The molecular weight excluding hydrogens is 232 g/mol. The van der Waals surface area contributed by atoms with Gasteiger partial charge in [-0.25, -0.2) is 8.42 Å². The summed E-state index contributed by atoms with van der Waals surface area (Å²) in [6.45, 7) is 1.67. The summed E-state index contributed by atoms with van der Waals surface area (Å²) in [6, 6.07) is 3.86. The second kappa shape index (κ2) is 5.63. The van der Waals surface area contributed by atoms with Crippen molar-refractivity contribution in [1.82, 2.24) is 0 Å². The van der Waals surface area contributed by atoms with Crippen LogP contribution >= 0.6 is 11.3 Å². The average Bonchev–Trinajstić information content (AvgIpc) is 2.66. The molecule has 1 unspecified atom stereocenters. The first kappa shape index (κ1) is 12.7. The van der Waals surface area contributed by atoms with E-state index in [0.717, 1.165) is 4.88 Å². The number of aryl methyl sites for hydroxylation is 1. The van der Waals surface area contributed by atoms with Crippen molar-refractivity contribution in [2.75, 3.05) is 18.1 Å². The van der Waals surface area contributed by atoms with Crippen molar-refractivity contribution in [3.63, 3.8) is 0 Å². The lowest BCUT2D eigenvalue weighted by molar-refractivity contribution is 0.249. The number of hydrogen-bond donors (Lipinski definition) is 1. The summed E-state index contributed by atoms with van der Waals surface area (Å²) >= 11 is 1.57. The summed E-state index contributed by atoms with van der Waals surface area (Å²) in [4.78, 5) is 1.09. The molecule has 1 rings (SSSR count). The molecule has 0 aromatic carbocycles. The fourth-order valence-electron chi connectivity index (χ4n) is 1.28. The summed E-state index contributed by atoms with van der Waals surface area (Å²) in [5.41, 5.74) is 0. The van der Waals surface area contributed by atoms with Crippen molar-refractivity contribution >= 4 is 21.2 Å². The first-order valence-electron chi connectivity index (χ1n) is 4.87. The van der Waals surface area contributed by atoms with Crippen LogP contribution in [0.4, 0.5) is 0 Å². The molecule has 0 radical (unpaired) electrons. The number of thiophene rings is 1. The predicted molar refractivity (Wildman–Crippen MR) is 62.9 cm³/mol. The lowest BCUT2D eigenvalue weighted by Crippen LogP contribution is -2.20. The van der Waals surface area contributed by atoms with E-state index in [0.29, 0.717) is 6.42 Å². The van der Waals surface area contributed by atoms with E-state index in [2.05, 4.69) is 0 Å². The maximum Gasteiger partial charge on any atom is 0.151 e. The van der Waals surface area contributed by atoms with E-state index < -0.39 is 9.84 Å². The summed E-state index contributed by atoms with van der Waals surface area (Å²) < 4.78 is 23.2. The molecule has 0 aliphatic carbocycles. The van der Waals surface area contributed by atoms with E-state index in [1.54, 1.807) is 18.3 Å². The fourth-order valence-corrected chi connectivity index (χ4v) is 3.79. The van der Waals surface area contributed by atoms with Gasteiger partial charge in [-0.2, -0.15) is 0 Å². The molecular formula is C10H16O3S2. The maximum absolute atomic E-state index is 11.6. The quantitative estimate of drug-likeness (QED) is 0.826. The van der Waals surface area contributed by atoms with Crippen LogP contribution in [0.5, 0.6) is 0 Å². The molecule has 0 aliphatic heterocycles. The van der Waals surface area contributed by atoms with E-state index in [4.69, 9.17) is 5.11 Å². The normalized spacial score (nSPS) is 14.0. The van der Waals surface area contributed by atoms with Crippen LogP contribution in [0.25, 0.3) is 0 Å². The second-order valence-corrected chi connectivity index (χ2v) is 6.99. The van der Waals surface area contributed by atoms with Gasteiger partial charge in [-0.05, 0) is 23.8 Å². The molecule has 0 saturated carbocycles. The third kappa shape index (κ3) is 4.77. The Morgan fingerprint density at radius 2 is 2.27 bits per heavy atom. The molecule has 0 bridgehead atoms. The van der Waals surface area contributed by atoms with Gasteiger partial charge in [-0.3, -0.25) is 0 Å². The number of aliphatic hydroxyl groups excluding tert-OH is 1. The smallest absolute Gasteiger partial charge is 0.151 e. The molecule has 15 heavy (non-hydrogen) atoms. The van der Waals surface area contributed by atoms with Gasteiger partial charge < -0.3 is 5.11 Å². The van der Waals surface area contributed by atoms with Gasteiger partial charge in [0, 0.05) is 11.5 Å². The molecule has 0 aliphatic rings. The Balaban J connectivity index is 2.43. The maximum atomic E-state index is 11.6. The van der Waals surface area contributed by atoms with E-state index in [1.807, 2.05) is 17.5 Å². The third-order valence-electron chi connectivity index (χ3n) is 2.09. The van der Waals surface area contributed by atoms with Crippen molar-refractivity contribution < 1.29 is 13.5 Å². The van der Waals surface area contributed by atoms with Crippen LogP contribution < -0.4 is 0 Å². The Hall–Kier alpha value is -0.390. The van der Waals surface area contributed by atoms with Crippen molar-refractivity contribution in [3.05, 3.63) is 22.4 Å². The molecule has 1 N–H and O–H groups in total. The van der Waals surface area contributed by atoms with Crippen LogP contribution in [-0.2, 0) is 16.3 Å². The molecule has 1 heterocycles. The molecule has 0 spiro atoms. The summed E-state index contributed by atoms with van der Waals surface area (Å²) in [5.74, 6) is 0.0885. The molecule has 86 valence electrons. The SMILES string of the molecule is CC(CO)CS(=O)(=O)CCc1cccs1. The van der Waals surface area contributed by atoms with E-state index >= 15 is 0 Å². The zero-order chi connectivity index (χ0) is 11.3. The highest BCUT2D eigenvalue weighted by molar-refractivity contribution is 7.91. The Morgan fingerprint density at radius 3 is 2.80 bits per heavy atom. The van der Waals surface area contributed by atoms with Crippen molar-refractivity contribution in [2.45, 2.75) is 13.3 Å². The number of sulfone groups is 1. The van der Waals surface area contributed by atoms with E-state index in [1.165, 1.54) is 0 Å². The molecule has 1 atom stereocenters. The number of rotatable bonds is 6. The molecule has 0 amide bonds. The predicted octanol–water partition coefficient (Wildman–Crippen LogP) is 1.33. The lowest BCUT2D eigenvalue weighted by atomic mass is 10.2. The van der Waals surface area contributed by atoms with Crippen molar-refractivity contribution in [1.29, 1.82) is 0 Å². The largest absolute Gasteiger partial charge is 0.396 e. The molecule has 1 aromatic heterocycles. The number of aliphatic hydroxyl groups is 1. The van der Waals surface area contributed by atoms with E-state index in [9.17, 15) is 8.42 Å². The van der Waals surface area contributed by atoms with Gasteiger partial charge in [0.1, 0.15) is 0 Å². The minimum absolute atomic E-state index is 0.0712. The van der Waals surface area contributed by atoms with Crippen LogP contribution in [-0.4, -0.2) is 31.6 Å². The minimum atomic E-state index is -3.02. The first-order valence-corrected chi connectivity index (χ1v) is 7.57. The topological polar surface area (TPSA) is 54.4 Å². The monoisotopic (exact) mass is 248 g/mol. The van der Waals surface area contributed by atoms with Crippen LogP contribution in [0.2, 0.25) is 0 Å². The van der Waals surface area contributed by atoms with Crippen LogP contribution in [0.1, 0.15) is 11.8 Å². The molecule has 5 heteroatoms. The van der Waals surface area contributed by atoms with E-state index in [-0.39, 0.29) is 24.0 Å². The fraction of sp³-hybridized carbons (Fsp3) is 0.600. The van der Waals surface area contributed by atoms with Crippen LogP contribution in [0.3, 0.4) is 0 Å². The average molecular weight is 248 g/mol. The van der Waals surface area contributed by atoms with Gasteiger partial charge in [0.25, 0.3) is 0 Å². The van der Waals surface area contributed by atoms with Gasteiger partial charge in [0.15, 0.2) is 9.84 Å². The third-order valence-corrected chi connectivity index (χ3v) is 4.93. The zero-order valence-corrected chi connectivity index (χ0v) is 10.4. The summed E-state index contributed by atoms with van der Waals surface area (Å²) in [7, 11) is -3.02. The van der Waals surface area contributed by atoms with Crippen molar-refractivity contribution in [3.8, 4) is 0 Å². The Kier molecular flexibility index (Phi) is 4.76. The Labute approximate surface area is 94.7 Å². The molecule has 0 saturated heterocycles. The Bertz CT molecular complexity index is 367. The van der Waals surface area contributed by atoms with Crippen molar-refractivity contribution in [2.24, 2.45) is 5.92 Å². The van der Waals surface area contributed by atoms with Gasteiger partial charge >= 0.3 is 0 Å². The van der Waals surface area contributed by atoms with Crippen LogP contribution in [0, 0.1) is 5.92 Å². The highest BCUT2D eigenvalue weighted by Crippen LogP contribution is 2.11. The summed E-state index contributed by atoms with van der Waals surface area (Å²) in [6.07, 6.45) is 0.581. The van der Waals surface area contributed by atoms with Gasteiger partial charge in [-0.15, -0.1) is 11.3 Å². The van der Waals surface area contributed by atoms with Gasteiger partial charge in [-0.1, -0.05) is 13.0 Å². The first-order chi connectivity index (χ1) is 7.03. The molecule has 1 aromatic rings. The van der Waals surface area contributed by atoms with Crippen LogP contribution in [0.15, 0.2) is 17.5 Å². The highest BCUT2D eigenvalue weighted by Gasteiger charge is 2.15.